The molecule has 3 aliphatic rings. The van der Waals surface area contributed by atoms with E-state index in [1.54, 1.807) is 0 Å². The van der Waals surface area contributed by atoms with Crippen molar-refractivity contribution in [3.8, 4) is 0 Å². The summed E-state index contributed by atoms with van der Waals surface area (Å²) in [5, 5.41) is 0. The molecule has 0 radical (unpaired) electrons. The summed E-state index contributed by atoms with van der Waals surface area (Å²) in [7, 11) is 0. The van der Waals surface area contributed by atoms with Crippen LogP contribution in [0, 0.1) is 17.6 Å². The maximum absolute atomic E-state index is 13.6. The Morgan fingerprint density at radius 3 is 2.68 bits per heavy atom. The first-order chi connectivity index (χ1) is 10.6. The van der Waals surface area contributed by atoms with Gasteiger partial charge in [-0.05, 0) is 24.1 Å². The van der Waals surface area contributed by atoms with E-state index < -0.39 is 29.4 Å². The maximum Gasteiger partial charge on any atom is 0.337 e. The lowest BCUT2D eigenvalue weighted by atomic mass is 9.76. The van der Waals surface area contributed by atoms with Gasteiger partial charge < -0.3 is 4.74 Å². The van der Waals surface area contributed by atoms with Gasteiger partial charge in [-0.3, -0.25) is 9.79 Å². The third-order valence-corrected chi connectivity index (χ3v) is 4.43. The van der Waals surface area contributed by atoms with E-state index in [0.29, 0.717) is 35.4 Å². The second-order valence-corrected chi connectivity index (χ2v) is 5.63. The van der Waals surface area contributed by atoms with E-state index in [4.69, 9.17) is 4.74 Å². The molecule has 1 aliphatic carbocycles. The van der Waals surface area contributed by atoms with Crippen molar-refractivity contribution in [1.82, 2.24) is 0 Å². The molecule has 0 bridgehead atoms. The molecule has 6 heteroatoms. The molecule has 0 spiro atoms. The first-order valence-electron chi connectivity index (χ1n) is 7.01. The summed E-state index contributed by atoms with van der Waals surface area (Å²) in [4.78, 5) is 28.6. The van der Waals surface area contributed by atoms with Gasteiger partial charge in [-0.2, -0.15) is 0 Å². The van der Waals surface area contributed by atoms with Gasteiger partial charge in [0.25, 0.3) is 0 Å². The molecule has 2 unspecified atom stereocenters. The average molecular weight is 303 g/mol. The number of benzene rings is 1. The Kier molecular flexibility index (Phi) is 2.76. The number of carbonyl (C=O) groups is 2. The number of carbonyl (C=O) groups excluding carboxylic acids is 2. The number of Topliss-reactive ketones (excluding diaryl/α,β-unsaturated/α-hetero) is 1. The summed E-state index contributed by atoms with van der Waals surface area (Å²) in [5.41, 5.74) is 1.91. The first-order valence-corrected chi connectivity index (χ1v) is 7.01. The topological polar surface area (TPSA) is 55.7 Å². The van der Waals surface area contributed by atoms with Crippen molar-refractivity contribution in [3.05, 3.63) is 46.7 Å². The summed E-state index contributed by atoms with van der Waals surface area (Å²) in [6.07, 6.45) is 0.897. The number of hydrogen-bond donors (Lipinski definition) is 0. The molecular formula is C16H11F2NO3. The van der Waals surface area contributed by atoms with Crippen molar-refractivity contribution in [1.29, 1.82) is 0 Å². The van der Waals surface area contributed by atoms with Crippen molar-refractivity contribution < 1.29 is 23.1 Å². The van der Waals surface area contributed by atoms with Gasteiger partial charge in [-0.1, -0.05) is 6.07 Å². The third kappa shape index (κ3) is 1.76. The molecule has 4 rings (SSSR count). The van der Waals surface area contributed by atoms with Crippen molar-refractivity contribution in [2.45, 2.75) is 18.8 Å². The number of nitrogens with zero attached hydrogens (tertiary/aromatic N) is 1. The number of rotatable bonds is 1. The molecule has 1 aromatic carbocycles. The number of halogens is 2. The molecule has 0 aromatic heterocycles. The van der Waals surface area contributed by atoms with Crippen LogP contribution in [0.4, 0.5) is 8.78 Å². The lowest BCUT2D eigenvalue weighted by Crippen LogP contribution is -2.30. The van der Waals surface area contributed by atoms with Crippen molar-refractivity contribution in [2.24, 2.45) is 10.9 Å². The van der Waals surface area contributed by atoms with Crippen LogP contribution in [0.15, 0.2) is 34.5 Å². The minimum absolute atomic E-state index is 0.0280. The minimum Gasteiger partial charge on any atom is -0.456 e. The lowest BCUT2D eigenvalue weighted by Gasteiger charge is -2.27. The molecular weight excluding hydrogens is 292 g/mol. The first kappa shape index (κ1) is 13.3. The van der Waals surface area contributed by atoms with Crippen LogP contribution in [-0.4, -0.2) is 24.1 Å². The zero-order valence-electron chi connectivity index (χ0n) is 11.4. The molecule has 1 aromatic rings. The van der Waals surface area contributed by atoms with Crippen molar-refractivity contribution >= 4 is 17.5 Å². The zero-order chi connectivity index (χ0) is 15.4. The van der Waals surface area contributed by atoms with E-state index in [9.17, 15) is 18.4 Å². The standard InChI is InChI=1S/C16H11F2NO3/c17-8-2-1-7(5-9(8)18)13-14-10(3-4-12(14)20)19-11-6-22-16(21)15(11)13/h1-2,5,13-14H,3-4,6H2. The number of cyclic esters (lactones) is 1. The van der Waals surface area contributed by atoms with Gasteiger partial charge in [0.1, 0.15) is 12.4 Å². The molecule has 112 valence electrons. The lowest BCUT2D eigenvalue weighted by molar-refractivity contribution is -0.136. The molecule has 2 atom stereocenters. The number of hydrogen-bond acceptors (Lipinski definition) is 4. The van der Waals surface area contributed by atoms with Gasteiger partial charge >= 0.3 is 5.97 Å². The summed E-state index contributed by atoms with van der Waals surface area (Å²) in [6.45, 7) is 0.0682. The predicted molar refractivity (Wildman–Crippen MR) is 72.3 cm³/mol. The highest BCUT2D eigenvalue weighted by Crippen LogP contribution is 2.45. The fraction of sp³-hybridized carbons (Fsp3) is 0.312. The van der Waals surface area contributed by atoms with Gasteiger partial charge in [-0.15, -0.1) is 0 Å². The van der Waals surface area contributed by atoms with Gasteiger partial charge in [0, 0.05) is 18.1 Å². The molecule has 2 aliphatic heterocycles. The highest BCUT2D eigenvalue weighted by atomic mass is 19.2. The predicted octanol–water partition coefficient (Wildman–Crippen LogP) is 2.29. The number of fused-ring (bicyclic) bond motifs is 1. The highest BCUT2D eigenvalue weighted by molar-refractivity contribution is 6.15. The number of ketones is 1. The molecule has 1 fully saturated rings. The molecule has 0 saturated heterocycles. The van der Waals surface area contributed by atoms with Crippen LogP contribution >= 0.6 is 0 Å². The van der Waals surface area contributed by atoms with Gasteiger partial charge in [0.2, 0.25) is 0 Å². The summed E-state index contributed by atoms with van der Waals surface area (Å²) >= 11 is 0. The second-order valence-electron chi connectivity index (χ2n) is 5.63. The SMILES string of the molecule is O=C1OCC2=C1C(c1ccc(F)c(F)c1)C1C(=O)CCC1=N2. The van der Waals surface area contributed by atoms with Crippen LogP contribution in [0.5, 0.6) is 0 Å². The van der Waals surface area contributed by atoms with Crippen LogP contribution in [0.1, 0.15) is 24.3 Å². The van der Waals surface area contributed by atoms with Crippen LogP contribution in [0.2, 0.25) is 0 Å². The Morgan fingerprint density at radius 2 is 1.91 bits per heavy atom. The monoisotopic (exact) mass is 303 g/mol. The summed E-state index contributed by atoms with van der Waals surface area (Å²) in [5.74, 6) is -3.74. The highest BCUT2D eigenvalue weighted by Gasteiger charge is 2.47. The van der Waals surface area contributed by atoms with E-state index in [-0.39, 0.29) is 12.4 Å². The molecule has 1 saturated carbocycles. The Hall–Kier alpha value is -2.37. The second kappa shape index (κ2) is 4.56. The smallest absolute Gasteiger partial charge is 0.337 e. The Bertz CT molecular complexity index is 782. The van der Waals surface area contributed by atoms with E-state index in [0.717, 1.165) is 12.1 Å². The van der Waals surface area contributed by atoms with Crippen LogP contribution in [0.3, 0.4) is 0 Å². The number of esters is 1. The Morgan fingerprint density at radius 1 is 1.09 bits per heavy atom. The quantitative estimate of drug-likeness (QED) is 0.748. The zero-order valence-corrected chi connectivity index (χ0v) is 11.4. The molecule has 0 N–H and O–H groups in total. The van der Waals surface area contributed by atoms with Gasteiger partial charge in [0.15, 0.2) is 11.6 Å². The average Bonchev–Trinajstić information content (AvgIpc) is 3.05. The van der Waals surface area contributed by atoms with E-state index >= 15 is 0 Å². The number of aliphatic imine (C=N–C) groups is 1. The van der Waals surface area contributed by atoms with E-state index in [1.807, 2.05) is 0 Å². The summed E-state index contributed by atoms with van der Waals surface area (Å²) in [6, 6.07) is 3.47. The van der Waals surface area contributed by atoms with Crippen LogP contribution < -0.4 is 0 Å². The third-order valence-electron chi connectivity index (χ3n) is 4.43. The van der Waals surface area contributed by atoms with Crippen LogP contribution in [0.25, 0.3) is 0 Å². The van der Waals surface area contributed by atoms with E-state index in [2.05, 4.69) is 4.99 Å². The van der Waals surface area contributed by atoms with Gasteiger partial charge in [-0.25, -0.2) is 13.6 Å². The maximum atomic E-state index is 13.6. The fourth-order valence-electron chi connectivity index (χ4n) is 3.46. The molecule has 2 heterocycles. The molecule has 4 nitrogen and oxygen atoms in total. The number of ether oxygens (including phenoxy) is 1. The largest absolute Gasteiger partial charge is 0.456 e. The minimum atomic E-state index is -1.000. The van der Waals surface area contributed by atoms with Crippen LogP contribution in [-0.2, 0) is 14.3 Å². The van der Waals surface area contributed by atoms with Gasteiger partial charge in [0.05, 0.1) is 17.2 Å². The van der Waals surface area contributed by atoms with Crippen molar-refractivity contribution in [2.75, 3.05) is 6.61 Å². The Labute approximate surface area is 124 Å². The molecule has 22 heavy (non-hydrogen) atoms. The molecule has 0 amide bonds. The van der Waals surface area contributed by atoms with E-state index in [1.165, 1.54) is 6.07 Å². The summed E-state index contributed by atoms with van der Waals surface area (Å²) < 4.78 is 31.8. The fourth-order valence-corrected chi connectivity index (χ4v) is 3.46. The normalized spacial score (nSPS) is 26.7. The van der Waals surface area contributed by atoms with Crippen molar-refractivity contribution in [3.63, 3.8) is 0 Å². The Balaban J connectivity index is 1.90.